The summed E-state index contributed by atoms with van der Waals surface area (Å²) in [4.78, 5) is 11.7. The van der Waals surface area contributed by atoms with Crippen LogP contribution in [-0.4, -0.2) is 24.3 Å². The number of amides is 1. The maximum atomic E-state index is 11.7. The number of benzene rings is 1. The van der Waals surface area contributed by atoms with E-state index in [0.717, 1.165) is 19.4 Å². The van der Waals surface area contributed by atoms with Gasteiger partial charge in [0, 0.05) is 19.1 Å². The van der Waals surface area contributed by atoms with Crippen molar-refractivity contribution in [3.8, 4) is 0 Å². The van der Waals surface area contributed by atoms with Gasteiger partial charge in [0.05, 0.1) is 0 Å². The summed E-state index contributed by atoms with van der Waals surface area (Å²) < 4.78 is 5.27. The van der Waals surface area contributed by atoms with Crippen LogP contribution in [0.4, 0.5) is 4.79 Å². The van der Waals surface area contributed by atoms with Gasteiger partial charge in [-0.25, -0.2) is 4.79 Å². The maximum Gasteiger partial charge on any atom is 0.407 e. The van der Waals surface area contributed by atoms with Crippen LogP contribution in [0.25, 0.3) is 0 Å². The maximum absolute atomic E-state index is 11.7. The van der Waals surface area contributed by atoms with Gasteiger partial charge in [-0.1, -0.05) is 37.6 Å². The van der Waals surface area contributed by atoms with Gasteiger partial charge in [-0.05, 0) is 45.2 Å². The highest BCUT2D eigenvalue weighted by Gasteiger charge is 2.17. The summed E-state index contributed by atoms with van der Waals surface area (Å²) in [6.45, 7) is 11.3. The highest BCUT2D eigenvalue weighted by atomic mass is 16.6. The molecule has 0 heterocycles. The van der Waals surface area contributed by atoms with Gasteiger partial charge in [0.1, 0.15) is 5.60 Å². The van der Waals surface area contributed by atoms with Gasteiger partial charge in [-0.3, -0.25) is 0 Å². The lowest BCUT2D eigenvalue weighted by molar-refractivity contribution is 0.0521. The lowest BCUT2D eigenvalue weighted by Gasteiger charge is -2.23. The molecule has 0 bridgehead atoms. The smallest absolute Gasteiger partial charge is 0.407 e. The van der Waals surface area contributed by atoms with Crippen molar-refractivity contribution < 1.29 is 9.53 Å². The molecule has 0 saturated heterocycles. The van der Waals surface area contributed by atoms with E-state index in [0.29, 0.717) is 6.54 Å². The summed E-state index contributed by atoms with van der Waals surface area (Å²) in [7, 11) is 0. The van der Waals surface area contributed by atoms with Gasteiger partial charge in [0.25, 0.3) is 0 Å². The number of ether oxygens (including phenoxy) is 1. The molecule has 4 heteroatoms. The number of rotatable bonds is 7. The molecule has 0 saturated carbocycles. The van der Waals surface area contributed by atoms with E-state index in [9.17, 15) is 4.79 Å². The standard InChI is InChI=1S/C18H30N2O2/c1-6-9-16(13-20-17(21)22-18(3,4)5)19-12-15-11-8-7-10-14(15)2/h7-8,10-11,16,19H,6,9,12-13H2,1-5H3,(H,20,21). The highest BCUT2D eigenvalue weighted by Crippen LogP contribution is 2.08. The van der Waals surface area contributed by atoms with Crippen LogP contribution in [0.15, 0.2) is 24.3 Å². The van der Waals surface area contributed by atoms with Crippen LogP contribution in [0.5, 0.6) is 0 Å². The molecule has 4 nitrogen and oxygen atoms in total. The Morgan fingerprint density at radius 3 is 2.55 bits per heavy atom. The zero-order chi connectivity index (χ0) is 16.6. The fraction of sp³-hybridized carbons (Fsp3) is 0.611. The number of carbonyl (C=O) groups excluding carboxylic acids is 1. The molecule has 0 radical (unpaired) electrons. The van der Waals surface area contributed by atoms with Gasteiger partial charge < -0.3 is 15.4 Å². The van der Waals surface area contributed by atoms with Crippen LogP contribution < -0.4 is 10.6 Å². The molecule has 1 unspecified atom stereocenters. The normalized spacial score (nSPS) is 12.8. The Morgan fingerprint density at radius 1 is 1.27 bits per heavy atom. The lowest BCUT2D eigenvalue weighted by atomic mass is 10.1. The summed E-state index contributed by atoms with van der Waals surface area (Å²) in [5.41, 5.74) is 2.12. The minimum Gasteiger partial charge on any atom is -0.444 e. The second-order valence-corrected chi connectivity index (χ2v) is 6.68. The van der Waals surface area contributed by atoms with E-state index < -0.39 is 5.60 Å². The second kappa shape index (κ2) is 8.79. The Kier molecular flexibility index (Phi) is 7.39. The van der Waals surface area contributed by atoms with Crippen molar-refractivity contribution in [1.82, 2.24) is 10.6 Å². The summed E-state index contributed by atoms with van der Waals surface area (Å²) in [5.74, 6) is 0. The Labute approximate surface area is 134 Å². The molecule has 0 fully saturated rings. The third-order valence-corrected chi connectivity index (χ3v) is 3.37. The predicted molar refractivity (Wildman–Crippen MR) is 91.0 cm³/mol. The van der Waals surface area contributed by atoms with Crippen molar-refractivity contribution in [2.75, 3.05) is 6.54 Å². The molecule has 1 rings (SSSR count). The molecule has 0 aromatic heterocycles. The molecular weight excluding hydrogens is 276 g/mol. The summed E-state index contributed by atoms with van der Waals surface area (Å²) >= 11 is 0. The lowest BCUT2D eigenvalue weighted by Crippen LogP contribution is -2.42. The average Bonchev–Trinajstić information content (AvgIpc) is 2.41. The first-order valence-corrected chi connectivity index (χ1v) is 8.06. The quantitative estimate of drug-likeness (QED) is 0.806. The molecule has 124 valence electrons. The first kappa shape index (κ1) is 18.5. The zero-order valence-corrected chi connectivity index (χ0v) is 14.5. The summed E-state index contributed by atoms with van der Waals surface area (Å²) in [6, 6.07) is 8.60. The summed E-state index contributed by atoms with van der Waals surface area (Å²) in [6.07, 6.45) is 1.73. The second-order valence-electron chi connectivity index (χ2n) is 6.68. The number of nitrogens with one attached hydrogen (secondary N) is 2. The number of alkyl carbamates (subject to hydrolysis) is 1. The highest BCUT2D eigenvalue weighted by molar-refractivity contribution is 5.67. The largest absolute Gasteiger partial charge is 0.444 e. The summed E-state index contributed by atoms with van der Waals surface area (Å²) in [5, 5.41) is 6.38. The molecule has 1 aromatic carbocycles. The predicted octanol–water partition coefficient (Wildman–Crippen LogP) is 3.78. The van der Waals surface area contributed by atoms with Crippen molar-refractivity contribution >= 4 is 6.09 Å². The molecule has 0 aliphatic rings. The van der Waals surface area contributed by atoms with Crippen LogP contribution >= 0.6 is 0 Å². The van der Waals surface area contributed by atoms with E-state index in [1.165, 1.54) is 11.1 Å². The zero-order valence-electron chi connectivity index (χ0n) is 14.5. The van der Waals surface area contributed by atoms with Crippen molar-refractivity contribution in [2.24, 2.45) is 0 Å². The van der Waals surface area contributed by atoms with E-state index in [2.05, 4.69) is 42.7 Å². The molecule has 0 spiro atoms. The SMILES string of the molecule is CCCC(CNC(=O)OC(C)(C)C)NCc1ccccc1C. The monoisotopic (exact) mass is 306 g/mol. The van der Waals surface area contributed by atoms with Crippen LogP contribution in [-0.2, 0) is 11.3 Å². The number of aryl methyl sites for hydroxylation is 1. The minimum atomic E-state index is -0.459. The molecule has 1 amide bonds. The number of hydrogen-bond donors (Lipinski definition) is 2. The Bertz CT molecular complexity index is 466. The molecule has 0 aliphatic carbocycles. The Hall–Kier alpha value is -1.55. The van der Waals surface area contributed by atoms with Gasteiger partial charge in [-0.15, -0.1) is 0 Å². The van der Waals surface area contributed by atoms with Gasteiger partial charge >= 0.3 is 6.09 Å². The van der Waals surface area contributed by atoms with Crippen LogP contribution in [0.1, 0.15) is 51.7 Å². The van der Waals surface area contributed by atoms with Crippen molar-refractivity contribution in [3.05, 3.63) is 35.4 Å². The molecule has 22 heavy (non-hydrogen) atoms. The Morgan fingerprint density at radius 2 is 1.95 bits per heavy atom. The average molecular weight is 306 g/mol. The third kappa shape index (κ3) is 7.46. The van der Waals surface area contributed by atoms with Crippen molar-refractivity contribution in [2.45, 2.75) is 65.6 Å². The molecule has 1 atom stereocenters. The molecular formula is C18H30N2O2. The van der Waals surface area contributed by atoms with E-state index in [1.807, 2.05) is 26.8 Å². The minimum absolute atomic E-state index is 0.247. The first-order chi connectivity index (χ1) is 10.3. The molecule has 1 aromatic rings. The van der Waals surface area contributed by atoms with Crippen LogP contribution in [0.3, 0.4) is 0 Å². The van der Waals surface area contributed by atoms with E-state index in [1.54, 1.807) is 0 Å². The van der Waals surface area contributed by atoms with Crippen LogP contribution in [0, 0.1) is 6.92 Å². The van der Waals surface area contributed by atoms with E-state index in [-0.39, 0.29) is 12.1 Å². The number of hydrogen-bond acceptors (Lipinski definition) is 3. The topological polar surface area (TPSA) is 50.4 Å². The van der Waals surface area contributed by atoms with E-state index >= 15 is 0 Å². The molecule has 0 aliphatic heterocycles. The van der Waals surface area contributed by atoms with Gasteiger partial charge in [-0.2, -0.15) is 0 Å². The van der Waals surface area contributed by atoms with Crippen molar-refractivity contribution in [1.29, 1.82) is 0 Å². The van der Waals surface area contributed by atoms with Gasteiger partial charge in [0.2, 0.25) is 0 Å². The first-order valence-electron chi connectivity index (χ1n) is 8.06. The van der Waals surface area contributed by atoms with Crippen molar-refractivity contribution in [3.63, 3.8) is 0 Å². The number of carbonyl (C=O) groups is 1. The van der Waals surface area contributed by atoms with E-state index in [4.69, 9.17) is 4.74 Å². The van der Waals surface area contributed by atoms with Crippen LogP contribution in [0.2, 0.25) is 0 Å². The fourth-order valence-electron chi connectivity index (χ4n) is 2.21. The Balaban J connectivity index is 2.45. The fourth-order valence-corrected chi connectivity index (χ4v) is 2.21. The molecule has 2 N–H and O–H groups in total. The third-order valence-electron chi connectivity index (χ3n) is 3.37. The van der Waals surface area contributed by atoms with Gasteiger partial charge in [0.15, 0.2) is 0 Å².